The molecule has 3 heterocycles. The first kappa shape index (κ1) is 23.8. The van der Waals surface area contributed by atoms with E-state index < -0.39 is 0 Å². The number of amides is 1. The number of hydrogen-bond donors (Lipinski definition) is 1. The van der Waals surface area contributed by atoms with Gasteiger partial charge in [-0.25, -0.2) is 15.0 Å². The number of likely N-dealkylation sites (N-methyl/N-ethyl adjacent to an activating group) is 1. The van der Waals surface area contributed by atoms with Gasteiger partial charge in [-0.1, -0.05) is 37.3 Å². The molecule has 1 aliphatic rings. The van der Waals surface area contributed by atoms with Crippen molar-refractivity contribution in [2.45, 2.75) is 32.5 Å². The first-order valence-electron chi connectivity index (χ1n) is 11.5. The molecule has 1 aromatic carbocycles. The first-order chi connectivity index (χ1) is 16.5. The predicted molar refractivity (Wildman–Crippen MR) is 129 cm³/mol. The highest BCUT2D eigenvalue weighted by Crippen LogP contribution is 2.30. The average molecular weight is 462 g/mol. The number of aliphatic hydroxyl groups is 1. The first-order valence-corrected chi connectivity index (χ1v) is 11.5. The molecule has 1 amide bonds. The van der Waals surface area contributed by atoms with E-state index >= 15 is 0 Å². The summed E-state index contributed by atoms with van der Waals surface area (Å²) in [4.78, 5) is 30.2. The SMILES string of the molecule is C[C@H]1CN([C@@H](C)CO)C(=O)c2cc(-c3cncnc3)cnc2O[C@@H]1CN(C)Cc1ccccc1. The Kier molecular flexibility index (Phi) is 7.49. The number of carbonyl (C=O) groups excluding carboxylic acids is 1. The van der Waals surface area contributed by atoms with Gasteiger partial charge in [-0.15, -0.1) is 0 Å². The van der Waals surface area contributed by atoms with Crippen LogP contribution in [0.25, 0.3) is 11.1 Å². The van der Waals surface area contributed by atoms with Gasteiger partial charge < -0.3 is 14.7 Å². The van der Waals surface area contributed by atoms with Crippen LogP contribution in [-0.4, -0.2) is 74.7 Å². The summed E-state index contributed by atoms with van der Waals surface area (Å²) in [6.45, 7) is 5.74. The van der Waals surface area contributed by atoms with Crippen LogP contribution < -0.4 is 4.74 Å². The van der Waals surface area contributed by atoms with E-state index in [1.165, 1.54) is 11.9 Å². The molecule has 4 rings (SSSR count). The smallest absolute Gasteiger partial charge is 0.259 e. The fraction of sp³-hybridized carbons (Fsp3) is 0.385. The van der Waals surface area contributed by atoms with Crippen LogP contribution >= 0.6 is 0 Å². The molecule has 0 unspecified atom stereocenters. The molecule has 0 radical (unpaired) electrons. The van der Waals surface area contributed by atoms with Crippen LogP contribution in [0.1, 0.15) is 29.8 Å². The molecule has 0 spiro atoms. The summed E-state index contributed by atoms with van der Waals surface area (Å²) in [7, 11) is 2.06. The fourth-order valence-corrected chi connectivity index (χ4v) is 4.19. The van der Waals surface area contributed by atoms with Crippen LogP contribution in [0.3, 0.4) is 0 Å². The van der Waals surface area contributed by atoms with E-state index in [0.29, 0.717) is 24.5 Å². The van der Waals surface area contributed by atoms with E-state index in [9.17, 15) is 9.90 Å². The minimum absolute atomic E-state index is 0.0355. The highest BCUT2D eigenvalue weighted by molar-refractivity contribution is 5.98. The molecular formula is C26H31N5O3. The monoisotopic (exact) mass is 461 g/mol. The molecule has 1 aliphatic heterocycles. The number of hydrogen-bond acceptors (Lipinski definition) is 7. The molecule has 3 atom stereocenters. The number of aliphatic hydroxyl groups excluding tert-OH is 1. The maximum atomic E-state index is 13.5. The van der Waals surface area contributed by atoms with Crippen LogP contribution in [0, 0.1) is 5.92 Å². The van der Waals surface area contributed by atoms with Crippen molar-refractivity contribution in [2.24, 2.45) is 5.92 Å². The van der Waals surface area contributed by atoms with Gasteiger partial charge in [-0.05, 0) is 25.6 Å². The number of ether oxygens (including phenoxy) is 1. The van der Waals surface area contributed by atoms with E-state index in [-0.39, 0.29) is 30.6 Å². The van der Waals surface area contributed by atoms with Crippen LogP contribution in [0.2, 0.25) is 0 Å². The zero-order valence-electron chi connectivity index (χ0n) is 19.8. The highest BCUT2D eigenvalue weighted by Gasteiger charge is 2.34. The van der Waals surface area contributed by atoms with Gasteiger partial charge in [-0.3, -0.25) is 9.69 Å². The number of benzene rings is 1. The van der Waals surface area contributed by atoms with E-state index in [0.717, 1.165) is 17.7 Å². The normalized spacial score (nSPS) is 19.2. The summed E-state index contributed by atoms with van der Waals surface area (Å²) < 4.78 is 6.39. The van der Waals surface area contributed by atoms with Crippen molar-refractivity contribution >= 4 is 5.91 Å². The fourth-order valence-electron chi connectivity index (χ4n) is 4.19. The molecule has 1 N–H and O–H groups in total. The maximum Gasteiger partial charge on any atom is 0.259 e. The standard InChI is InChI=1S/C26H31N5O3/c1-18-13-31(19(2)16-32)26(33)23-9-21(22-10-27-17-28-11-22)12-29-25(23)34-24(18)15-30(3)14-20-7-5-4-6-8-20/h4-12,17-19,24,32H,13-16H2,1-3H3/t18-,19-,24+/m0/s1. The minimum Gasteiger partial charge on any atom is -0.472 e. The summed E-state index contributed by atoms with van der Waals surface area (Å²) in [6, 6.07) is 11.7. The van der Waals surface area contributed by atoms with Gasteiger partial charge in [0.25, 0.3) is 5.91 Å². The summed E-state index contributed by atoms with van der Waals surface area (Å²) in [5.74, 6) is 0.143. The summed E-state index contributed by atoms with van der Waals surface area (Å²) >= 11 is 0. The van der Waals surface area contributed by atoms with E-state index in [1.807, 2.05) is 25.1 Å². The molecule has 34 heavy (non-hydrogen) atoms. The second-order valence-electron chi connectivity index (χ2n) is 9.01. The second-order valence-corrected chi connectivity index (χ2v) is 9.01. The lowest BCUT2D eigenvalue weighted by Gasteiger charge is -2.37. The van der Waals surface area contributed by atoms with Gasteiger partial charge in [0.2, 0.25) is 5.88 Å². The van der Waals surface area contributed by atoms with Crippen molar-refractivity contribution in [1.82, 2.24) is 24.8 Å². The molecule has 3 aromatic rings. The Morgan fingerprint density at radius 3 is 2.62 bits per heavy atom. The minimum atomic E-state index is -0.327. The second kappa shape index (κ2) is 10.7. The number of rotatable bonds is 7. The molecule has 0 fully saturated rings. The van der Waals surface area contributed by atoms with Gasteiger partial charge in [0.05, 0.1) is 12.6 Å². The molecule has 0 saturated carbocycles. The topological polar surface area (TPSA) is 91.7 Å². The molecule has 0 saturated heterocycles. The van der Waals surface area contributed by atoms with Crippen LogP contribution in [-0.2, 0) is 6.54 Å². The largest absolute Gasteiger partial charge is 0.472 e. The third-order valence-electron chi connectivity index (χ3n) is 6.20. The average Bonchev–Trinajstić information content (AvgIpc) is 2.86. The number of nitrogens with zero attached hydrogens (tertiary/aromatic N) is 5. The molecule has 8 heteroatoms. The zero-order valence-corrected chi connectivity index (χ0v) is 19.8. The van der Waals surface area contributed by atoms with Gasteiger partial charge in [0.1, 0.15) is 18.0 Å². The van der Waals surface area contributed by atoms with Crippen molar-refractivity contribution in [3.05, 3.63) is 72.4 Å². The lowest BCUT2D eigenvalue weighted by Crippen LogP contribution is -2.49. The highest BCUT2D eigenvalue weighted by atomic mass is 16.5. The van der Waals surface area contributed by atoms with Crippen molar-refractivity contribution in [2.75, 3.05) is 26.7 Å². The van der Waals surface area contributed by atoms with Crippen LogP contribution in [0.15, 0.2) is 61.3 Å². The van der Waals surface area contributed by atoms with Crippen molar-refractivity contribution in [3.8, 4) is 17.0 Å². The molecule has 0 aliphatic carbocycles. The Labute approximate surface area is 200 Å². The summed E-state index contributed by atoms with van der Waals surface area (Å²) in [6.07, 6.45) is 6.32. The third kappa shape index (κ3) is 5.40. The molecular weight excluding hydrogens is 430 g/mol. The van der Waals surface area contributed by atoms with E-state index in [1.54, 1.807) is 29.6 Å². The van der Waals surface area contributed by atoms with Gasteiger partial charge >= 0.3 is 0 Å². The van der Waals surface area contributed by atoms with E-state index in [2.05, 4.69) is 46.0 Å². The predicted octanol–water partition coefficient (Wildman–Crippen LogP) is 2.89. The lowest BCUT2D eigenvalue weighted by molar-refractivity contribution is 0.0325. The van der Waals surface area contributed by atoms with Crippen molar-refractivity contribution in [3.63, 3.8) is 0 Å². The van der Waals surface area contributed by atoms with Gasteiger partial charge in [-0.2, -0.15) is 0 Å². The quantitative estimate of drug-likeness (QED) is 0.578. The number of aromatic nitrogens is 3. The summed E-state index contributed by atoms with van der Waals surface area (Å²) in [5.41, 5.74) is 3.10. The van der Waals surface area contributed by atoms with Crippen LogP contribution in [0.4, 0.5) is 0 Å². The van der Waals surface area contributed by atoms with E-state index in [4.69, 9.17) is 4.74 Å². The van der Waals surface area contributed by atoms with Gasteiger partial charge in [0.15, 0.2) is 0 Å². The zero-order chi connectivity index (χ0) is 24.1. The Balaban J connectivity index is 1.65. The Morgan fingerprint density at radius 2 is 1.91 bits per heavy atom. The van der Waals surface area contributed by atoms with Gasteiger partial charge in [0, 0.05) is 55.3 Å². The number of carbonyl (C=O) groups is 1. The molecule has 2 aromatic heterocycles. The molecule has 8 nitrogen and oxygen atoms in total. The molecule has 178 valence electrons. The maximum absolute atomic E-state index is 13.5. The third-order valence-corrected chi connectivity index (χ3v) is 6.20. The Bertz CT molecular complexity index is 1100. The lowest BCUT2D eigenvalue weighted by atomic mass is 9.99. The van der Waals surface area contributed by atoms with Crippen molar-refractivity contribution in [1.29, 1.82) is 0 Å². The molecule has 0 bridgehead atoms. The number of fused-ring (bicyclic) bond motifs is 1. The Morgan fingerprint density at radius 1 is 1.18 bits per heavy atom. The Hall–Kier alpha value is -3.36. The summed E-state index contributed by atoms with van der Waals surface area (Å²) in [5, 5.41) is 9.84. The number of pyridine rings is 1. The van der Waals surface area contributed by atoms with Crippen LogP contribution in [0.5, 0.6) is 5.88 Å². The van der Waals surface area contributed by atoms with Crippen molar-refractivity contribution < 1.29 is 14.6 Å².